The van der Waals surface area contributed by atoms with Gasteiger partial charge < -0.3 is 4.74 Å². The monoisotopic (exact) mass is 174 g/mol. The zero-order chi connectivity index (χ0) is 9.10. The number of methoxy groups -OCH3 is 1. The van der Waals surface area contributed by atoms with Crippen molar-refractivity contribution in [3.05, 3.63) is 30.6 Å². The quantitative estimate of drug-likeness (QED) is 0.746. The summed E-state index contributed by atoms with van der Waals surface area (Å²) in [5.74, 6) is 1.35. The maximum Gasteiger partial charge on any atom is 0.193 e. The molecular weight excluding hydrogens is 166 g/mol. The SMILES string of the molecule is COc1ccccc1-c1n[c][nH]n1. The first kappa shape index (κ1) is 7.79. The predicted octanol–water partition coefficient (Wildman–Crippen LogP) is 1.28. The molecule has 0 bridgehead atoms. The molecule has 2 aromatic rings. The van der Waals surface area contributed by atoms with E-state index >= 15 is 0 Å². The molecule has 1 aromatic carbocycles. The largest absolute Gasteiger partial charge is 0.496 e. The van der Waals surface area contributed by atoms with Gasteiger partial charge >= 0.3 is 0 Å². The summed E-state index contributed by atoms with van der Waals surface area (Å²) in [6.07, 6.45) is 2.54. The van der Waals surface area contributed by atoms with Gasteiger partial charge in [0.05, 0.1) is 12.7 Å². The Morgan fingerprint density at radius 3 is 2.92 bits per heavy atom. The average Bonchev–Trinajstić information content (AvgIpc) is 2.70. The van der Waals surface area contributed by atoms with E-state index in [1.54, 1.807) is 7.11 Å². The van der Waals surface area contributed by atoms with Crippen molar-refractivity contribution in [3.8, 4) is 17.1 Å². The molecule has 1 radical (unpaired) electrons. The van der Waals surface area contributed by atoms with E-state index in [9.17, 15) is 0 Å². The molecule has 0 atom stereocenters. The molecule has 65 valence electrons. The average molecular weight is 174 g/mol. The van der Waals surface area contributed by atoms with Gasteiger partial charge in [-0.25, -0.2) is 4.98 Å². The minimum atomic E-state index is 0.595. The number of rotatable bonds is 2. The second-order valence-electron chi connectivity index (χ2n) is 2.47. The number of para-hydroxylation sites is 1. The highest BCUT2D eigenvalue weighted by Gasteiger charge is 2.06. The van der Waals surface area contributed by atoms with Crippen LogP contribution in [0.2, 0.25) is 0 Å². The predicted molar refractivity (Wildman–Crippen MR) is 47.2 cm³/mol. The van der Waals surface area contributed by atoms with Crippen molar-refractivity contribution in [2.24, 2.45) is 0 Å². The number of benzene rings is 1. The van der Waals surface area contributed by atoms with Crippen molar-refractivity contribution in [1.82, 2.24) is 15.2 Å². The van der Waals surface area contributed by atoms with Crippen LogP contribution in [0.25, 0.3) is 11.4 Å². The van der Waals surface area contributed by atoms with Crippen LogP contribution in [0, 0.1) is 6.33 Å². The number of aromatic amines is 1. The smallest absolute Gasteiger partial charge is 0.193 e. The maximum absolute atomic E-state index is 5.16. The van der Waals surface area contributed by atoms with Gasteiger partial charge in [-0.15, -0.1) is 0 Å². The van der Waals surface area contributed by atoms with E-state index in [-0.39, 0.29) is 0 Å². The van der Waals surface area contributed by atoms with Crippen LogP contribution in [0.15, 0.2) is 24.3 Å². The van der Waals surface area contributed by atoms with Crippen molar-refractivity contribution in [2.45, 2.75) is 0 Å². The summed E-state index contributed by atoms with van der Waals surface area (Å²) in [4.78, 5) is 3.92. The minimum Gasteiger partial charge on any atom is -0.496 e. The molecule has 0 spiro atoms. The van der Waals surface area contributed by atoms with Gasteiger partial charge in [-0.1, -0.05) is 12.1 Å². The van der Waals surface area contributed by atoms with Gasteiger partial charge in [0, 0.05) is 0 Å². The molecule has 0 fully saturated rings. The van der Waals surface area contributed by atoms with Crippen LogP contribution in [0.3, 0.4) is 0 Å². The Kier molecular flexibility index (Phi) is 1.96. The van der Waals surface area contributed by atoms with Crippen molar-refractivity contribution in [1.29, 1.82) is 0 Å². The standard InChI is InChI=1S/C9H8N3O/c1-13-8-5-3-2-4-7(8)9-10-6-11-12-9/h2-5H,1H3,(H,10,11,12). The Balaban J connectivity index is 2.51. The Bertz CT molecular complexity index is 384. The number of nitrogens with one attached hydrogen (secondary N) is 1. The number of hydrogen-bond donors (Lipinski definition) is 1. The fourth-order valence-corrected chi connectivity index (χ4v) is 1.13. The van der Waals surface area contributed by atoms with Gasteiger partial charge in [-0.3, -0.25) is 5.10 Å². The Morgan fingerprint density at radius 2 is 2.23 bits per heavy atom. The summed E-state index contributed by atoms with van der Waals surface area (Å²) >= 11 is 0. The zero-order valence-corrected chi connectivity index (χ0v) is 7.11. The van der Waals surface area contributed by atoms with E-state index in [2.05, 4.69) is 21.5 Å². The third-order valence-corrected chi connectivity index (χ3v) is 1.72. The Hall–Kier alpha value is -1.84. The van der Waals surface area contributed by atoms with Gasteiger partial charge in [-0.2, -0.15) is 5.10 Å². The lowest BCUT2D eigenvalue weighted by Gasteiger charge is -2.03. The highest BCUT2D eigenvalue weighted by molar-refractivity contribution is 5.63. The molecule has 13 heavy (non-hydrogen) atoms. The summed E-state index contributed by atoms with van der Waals surface area (Å²) in [6, 6.07) is 7.58. The third kappa shape index (κ3) is 1.38. The lowest BCUT2D eigenvalue weighted by atomic mass is 10.2. The lowest BCUT2D eigenvalue weighted by molar-refractivity contribution is 0.416. The van der Waals surface area contributed by atoms with Crippen molar-refractivity contribution >= 4 is 0 Å². The minimum absolute atomic E-state index is 0.595. The van der Waals surface area contributed by atoms with Gasteiger partial charge in [-0.05, 0) is 12.1 Å². The highest BCUT2D eigenvalue weighted by atomic mass is 16.5. The van der Waals surface area contributed by atoms with Crippen LogP contribution in [0.4, 0.5) is 0 Å². The van der Waals surface area contributed by atoms with E-state index in [0.717, 1.165) is 11.3 Å². The van der Waals surface area contributed by atoms with Crippen molar-refractivity contribution in [3.63, 3.8) is 0 Å². The van der Waals surface area contributed by atoms with Crippen LogP contribution in [-0.4, -0.2) is 22.3 Å². The fraction of sp³-hybridized carbons (Fsp3) is 0.111. The molecule has 0 saturated carbocycles. The van der Waals surface area contributed by atoms with E-state index in [1.165, 1.54) is 0 Å². The Labute approximate surface area is 75.6 Å². The van der Waals surface area contributed by atoms with Crippen LogP contribution in [-0.2, 0) is 0 Å². The highest BCUT2D eigenvalue weighted by Crippen LogP contribution is 2.25. The molecule has 4 heteroatoms. The molecular formula is C9H8N3O. The summed E-state index contributed by atoms with van der Waals surface area (Å²) in [7, 11) is 1.62. The molecule has 0 saturated heterocycles. The molecule has 0 aliphatic rings. The summed E-state index contributed by atoms with van der Waals surface area (Å²) < 4.78 is 5.16. The van der Waals surface area contributed by atoms with Crippen molar-refractivity contribution < 1.29 is 4.74 Å². The van der Waals surface area contributed by atoms with E-state index in [4.69, 9.17) is 4.74 Å². The molecule has 1 heterocycles. The van der Waals surface area contributed by atoms with Gasteiger partial charge in [0.15, 0.2) is 12.2 Å². The molecule has 2 rings (SSSR count). The number of aromatic nitrogens is 3. The van der Waals surface area contributed by atoms with E-state index in [1.807, 2.05) is 24.3 Å². The van der Waals surface area contributed by atoms with Crippen molar-refractivity contribution in [2.75, 3.05) is 7.11 Å². The summed E-state index contributed by atoms with van der Waals surface area (Å²) in [5, 5.41) is 6.46. The molecule has 0 unspecified atom stereocenters. The Morgan fingerprint density at radius 1 is 1.38 bits per heavy atom. The number of ether oxygens (including phenoxy) is 1. The number of hydrogen-bond acceptors (Lipinski definition) is 3. The number of H-pyrrole nitrogens is 1. The van der Waals surface area contributed by atoms with Gasteiger partial charge in [0.25, 0.3) is 0 Å². The first-order chi connectivity index (χ1) is 6.42. The molecule has 0 aliphatic heterocycles. The molecule has 1 N–H and O–H groups in total. The second-order valence-corrected chi connectivity index (χ2v) is 2.47. The fourth-order valence-electron chi connectivity index (χ4n) is 1.13. The number of nitrogens with zero attached hydrogens (tertiary/aromatic N) is 2. The molecule has 4 nitrogen and oxygen atoms in total. The molecule has 0 amide bonds. The van der Waals surface area contributed by atoms with Gasteiger partial charge in [0.1, 0.15) is 5.75 Å². The molecule has 0 aliphatic carbocycles. The topological polar surface area (TPSA) is 50.8 Å². The van der Waals surface area contributed by atoms with E-state index in [0.29, 0.717) is 5.82 Å². The van der Waals surface area contributed by atoms with Crippen LogP contribution in [0.1, 0.15) is 0 Å². The third-order valence-electron chi connectivity index (χ3n) is 1.72. The zero-order valence-electron chi connectivity index (χ0n) is 7.11. The van der Waals surface area contributed by atoms with Crippen LogP contribution < -0.4 is 4.74 Å². The summed E-state index contributed by atoms with van der Waals surface area (Å²) in [6.45, 7) is 0. The first-order valence-electron chi connectivity index (χ1n) is 3.83. The molecule has 1 aromatic heterocycles. The van der Waals surface area contributed by atoms with E-state index < -0.39 is 0 Å². The normalized spacial score (nSPS) is 9.92. The lowest BCUT2D eigenvalue weighted by Crippen LogP contribution is -1.88. The van der Waals surface area contributed by atoms with Gasteiger partial charge in [0.2, 0.25) is 0 Å². The summed E-state index contributed by atoms with van der Waals surface area (Å²) in [5.41, 5.74) is 0.863. The maximum atomic E-state index is 5.16. The first-order valence-corrected chi connectivity index (χ1v) is 3.83. The second kappa shape index (κ2) is 3.26. The van der Waals surface area contributed by atoms with Crippen LogP contribution >= 0.6 is 0 Å². The van der Waals surface area contributed by atoms with Crippen LogP contribution in [0.5, 0.6) is 5.75 Å².